The van der Waals surface area contributed by atoms with Crippen LogP contribution in [0.3, 0.4) is 0 Å². The fourth-order valence-corrected chi connectivity index (χ4v) is 2.51. The van der Waals surface area contributed by atoms with Crippen LogP contribution in [-0.4, -0.2) is 73.0 Å². The van der Waals surface area contributed by atoms with Crippen LogP contribution in [0.5, 0.6) is 0 Å². The first kappa shape index (κ1) is 15.2. The van der Waals surface area contributed by atoms with Crippen molar-refractivity contribution in [3.63, 3.8) is 0 Å². The van der Waals surface area contributed by atoms with E-state index in [1.807, 2.05) is 6.92 Å². The average molecular weight is 286 g/mol. The fourth-order valence-electron chi connectivity index (χ4n) is 2.51. The fraction of sp³-hybridized carbons (Fsp3) is 0.846. The molecule has 2 saturated heterocycles. The largest absolute Gasteiger partial charge is 0.480 e. The van der Waals surface area contributed by atoms with Crippen LogP contribution in [0.25, 0.3) is 0 Å². The summed E-state index contributed by atoms with van der Waals surface area (Å²) in [5.74, 6) is -1.05. The number of carbonyl (C=O) groups is 2. The van der Waals surface area contributed by atoms with Crippen LogP contribution in [0.15, 0.2) is 0 Å². The predicted molar refractivity (Wildman–Crippen MR) is 70.4 cm³/mol. The van der Waals surface area contributed by atoms with E-state index in [0.29, 0.717) is 13.1 Å². The van der Waals surface area contributed by atoms with Crippen molar-refractivity contribution in [2.24, 2.45) is 0 Å². The van der Waals surface area contributed by atoms with Gasteiger partial charge in [0.25, 0.3) is 0 Å². The normalized spacial score (nSPS) is 22.4. The number of carboxylic acid groups (broad SMARTS) is 1. The molecule has 1 amide bonds. The third-order valence-electron chi connectivity index (χ3n) is 3.68. The number of carboxylic acids is 1. The van der Waals surface area contributed by atoms with Crippen molar-refractivity contribution < 1.29 is 24.2 Å². The summed E-state index contributed by atoms with van der Waals surface area (Å²) in [4.78, 5) is 24.0. The van der Waals surface area contributed by atoms with Crippen LogP contribution in [-0.2, 0) is 19.1 Å². The first-order valence-corrected chi connectivity index (χ1v) is 6.94. The Kier molecular flexibility index (Phi) is 4.95. The van der Waals surface area contributed by atoms with Crippen LogP contribution >= 0.6 is 0 Å². The Morgan fingerprint density at radius 3 is 2.55 bits per heavy atom. The Hall–Kier alpha value is -1.18. The van der Waals surface area contributed by atoms with Gasteiger partial charge in [-0.25, -0.2) is 4.79 Å². The molecule has 2 heterocycles. The second-order valence-electron chi connectivity index (χ2n) is 5.64. The standard InChI is InChI=1S/C13H22N2O5/c1-13(20-7-12(17)18)8-15(9-13)11(16)6-19-10-2-4-14-5-3-10/h10,14H,2-9H2,1H3,(H,17,18). The van der Waals surface area contributed by atoms with Gasteiger partial charge < -0.3 is 24.8 Å². The zero-order chi connectivity index (χ0) is 14.6. The number of likely N-dealkylation sites (tertiary alicyclic amines) is 1. The van der Waals surface area contributed by atoms with E-state index in [1.165, 1.54) is 0 Å². The van der Waals surface area contributed by atoms with E-state index in [1.54, 1.807) is 4.90 Å². The summed E-state index contributed by atoms with van der Waals surface area (Å²) in [6, 6.07) is 0. The Balaban J connectivity index is 1.64. The van der Waals surface area contributed by atoms with E-state index < -0.39 is 11.6 Å². The third kappa shape index (κ3) is 4.16. The third-order valence-corrected chi connectivity index (χ3v) is 3.68. The lowest BCUT2D eigenvalue weighted by atomic mass is 9.96. The topological polar surface area (TPSA) is 88.1 Å². The van der Waals surface area contributed by atoms with Crippen molar-refractivity contribution in [3.8, 4) is 0 Å². The average Bonchev–Trinajstić information content (AvgIpc) is 2.40. The first-order valence-electron chi connectivity index (χ1n) is 6.94. The number of hydrogen-bond donors (Lipinski definition) is 2. The van der Waals surface area contributed by atoms with Crippen molar-refractivity contribution in [2.75, 3.05) is 39.4 Å². The second kappa shape index (κ2) is 6.51. The van der Waals surface area contributed by atoms with Crippen molar-refractivity contribution in [2.45, 2.75) is 31.5 Å². The number of nitrogens with zero attached hydrogens (tertiary/aromatic N) is 1. The number of hydrogen-bond acceptors (Lipinski definition) is 5. The minimum atomic E-state index is -0.995. The highest BCUT2D eigenvalue weighted by Crippen LogP contribution is 2.24. The smallest absolute Gasteiger partial charge is 0.329 e. The maximum atomic E-state index is 11.9. The van der Waals surface area contributed by atoms with Gasteiger partial charge in [-0.2, -0.15) is 0 Å². The molecule has 20 heavy (non-hydrogen) atoms. The molecule has 0 unspecified atom stereocenters. The summed E-state index contributed by atoms with van der Waals surface area (Å²) in [6.07, 6.45) is 2.04. The molecular weight excluding hydrogens is 264 g/mol. The molecule has 2 aliphatic rings. The maximum Gasteiger partial charge on any atom is 0.329 e. The number of nitrogens with one attached hydrogen (secondary N) is 1. The van der Waals surface area contributed by atoms with Gasteiger partial charge >= 0.3 is 5.97 Å². The molecule has 0 atom stereocenters. The van der Waals surface area contributed by atoms with Crippen LogP contribution in [0, 0.1) is 0 Å². The van der Waals surface area contributed by atoms with Gasteiger partial charge in [-0.1, -0.05) is 0 Å². The van der Waals surface area contributed by atoms with Crippen molar-refractivity contribution >= 4 is 11.9 Å². The zero-order valence-corrected chi connectivity index (χ0v) is 11.8. The summed E-state index contributed by atoms with van der Waals surface area (Å²) < 4.78 is 10.9. The quantitative estimate of drug-likeness (QED) is 0.681. The highest BCUT2D eigenvalue weighted by atomic mass is 16.5. The summed E-state index contributed by atoms with van der Waals surface area (Å²) in [7, 11) is 0. The van der Waals surface area contributed by atoms with Crippen LogP contribution in [0.2, 0.25) is 0 Å². The van der Waals surface area contributed by atoms with Gasteiger partial charge in [-0.3, -0.25) is 4.79 Å². The van der Waals surface area contributed by atoms with Crippen molar-refractivity contribution in [3.05, 3.63) is 0 Å². The molecule has 0 spiro atoms. The molecule has 0 aromatic rings. The molecule has 2 fully saturated rings. The summed E-state index contributed by atoms with van der Waals surface area (Å²) in [6.45, 7) is 4.30. The minimum absolute atomic E-state index is 0.0556. The van der Waals surface area contributed by atoms with Gasteiger partial charge in [0, 0.05) is 0 Å². The highest BCUT2D eigenvalue weighted by molar-refractivity contribution is 5.78. The van der Waals surface area contributed by atoms with E-state index in [-0.39, 0.29) is 25.2 Å². The summed E-state index contributed by atoms with van der Waals surface area (Å²) in [5.41, 5.74) is -0.539. The molecule has 2 N–H and O–H groups in total. The van der Waals surface area contributed by atoms with Crippen LogP contribution in [0.4, 0.5) is 0 Å². The van der Waals surface area contributed by atoms with Crippen LogP contribution < -0.4 is 5.32 Å². The summed E-state index contributed by atoms with van der Waals surface area (Å²) >= 11 is 0. The molecule has 2 aliphatic heterocycles. The molecule has 0 aliphatic carbocycles. The Morgan fingerprint density at radius 2 is 1.95 bits per heavy atom. The monoisotopic (exact) mass is 286 g/mol. The van der Waals surface area contributed by atoms with Gasteiger partial charge in [0.05, 0.1) is 19.2 Å². The molecule has 0 saturated carbocycles. The maximum absolute atomic E-state index is 11.9. The first-order chi connectivity index (χ1) is 9.48. The lowest BCUT2D eigenvalue weighted by Crippen LogP contribution is -2.64. The molecule has 0 radical (unpaired) electrons. The van der Waals surface area contributed by atoms with Gasteiger partial charge in [-0.05, 0) is 32.9 Å². The molecule has 7 nitrogen and oxygen atoms in total. The highest BCUT2D eigenvalue weighted by Gasteiger charge is 2.42. The Morgan fingerprint density at radius 1 is 1.30 bits per heavy atom. The SMILES string of the molecule is CC1(OCC(=O)O)CN(C(=O)COC2CCNCC2)C1. The minimum Gasteiger partial charge on any atom is -0.480 e. The Labute approximate surface area is 118 Å². The van der Waals surface area contributed by atoms with E-state index in [2.05, 4.69) is 5.32 Å². The van der Waals surface area contributed by atoms with E-state index in [9.17, 15) is 9.59 Å². The molecule has 0 aromatic carbocycles. The number of aliphatic carboxylic acids is 1. The molecular formula is C13H22N2O5. The van der Waals surface area contributed by atoms with E-state index in [0.717, 1.165) is 25.9 Å². The van der Waals surface area contributed by atoms with Gasteiger partial charge in [0.15, 0.2) is 0 Å². The molecule has 2 rings (SSSR count). The van der Waals surface area contributed by atoms with Gasteiger partial charge in [-0.15, -0.1) is 0 Å². The number of rotatable bonds is 6. The van der Waals surface area contributed by atoms with Gasteiger partial charge in [0.1, 0.15) is 18.8 Å². The lowest BCUT2D eigenvalue weighted by molar-refractivity contribution is -0.176. The van der Waals surface area contributed by atoms with Crippen molar-refractivity contribution in [1.82, 2.24) is 10.2 Å². The summed E-state index contributed by atoms with van der Waals surface area (Å²) in [5, 5.41) is 11.8. The molecule has 0 bridgehead atoms. The zero-order valence-electron chi connectivity index (χ0n) is 11.8. The molecule has 7 heteroatoms. The lowest BCUT2D eigenvalue weighted by Gasteiger charge is -2.47. The number of amides is 1. The molecule has 0 aromatic heterocycles. The van der Waals surface area contributed by atoms with E-state index in [4.69, 9.17) is 14.6 Å². The van der Waals surface area contributed by atoms with Gasteiger partial charge in [0.2, 0.25) is 5.91 Å². The number of piperidine rings is 1. The number of carbonyl (C=O) groups excluding carboxylic acids is 1. The number of ether oxygens (including phenoxy) is 2. The Bertz CT molecular complexity index is 362. The van der Waals surface area contributed by atoms with E-state index >= 15 is 0 Å². The van der Waals surface area contributed by atoms with Crippen molar-refractivity contribution in [1.29, 1.82) is 0 Å². The predicted octanol–water partition coefficient (Wildman–Crippen LogP) is -0.543. The van der Waals surface area contributed by atoms with Crippen LogP contribution in [0.1, 0.15) is 19.8 Å². The molecule has 114 valence electrons. The second-order valence-corrected chi connectivity index (χ2v) is 5.64.